The van der Waals surface area contributed by atoms with Crippen LogP contribution in [0.15, 0.2) is 30.3 Å². The Morgan fingerprint density at radius 2 is 1.67 bits per heavy atom. The molecule has 0 radical (unpaired) electrons. The van der Waals surface area contributed by atoms with E-state index in [-0.39, 0.29) is 5.41 Å². The fourth-order valence-corrected chi connectivity index (χ4v) is 2.68. The van der Waals surface area contributed by atoms with Crippen LogP contribution in [-0.2, 0) is 5.41 Å². The predicted octanol–water partition coefficient (Wildman–Crippen LogP) is 5.74. The third-order valence-corrected chi connectivity index (χ3v) is 4.20. The van der Waals surface area contributed by atoms with Crippen molar-refractivity contribution in [3.8, 4) is 11.4 Å². The van der Waals surface area contributed by atoms with Gasteiger partial charge >= 0.3 is 0 Å². The summed E-state index contributed by atoms with van der Waals surface area (Å²) >= 11 is 0. The molecule has 0 aliphatic carbocycles. The van der Waals surface area contributed by atoms with Crippen LogP contribution in [0.2, 0.25) is 0 Å². The maximum absolute atomic E-state index is 4.69. The number of unbranched alkanes of at least 4 members (excludes halogenated alkanes) is 3. The second kappa shape index (κ2) is 8.27. The molecule has 1 N–H and O–H groups in total. The van der Waals surface area contributed by atoms with Crippen LogP contribution < -0.4 is 5.32 Å². The first kappa shape index (κ1) is 18.4. The van der Waals surface area contributed by atoms with Crippen molar-refractivity contribution < 1.29 is 0 Å². The summed E-state index contributed by atoms with van der Waals surface area (Å²) in [6.45, 7) is 11.9. The third kappa shape index (κ3) is 5.33. The first-order chi connectivity index (χ1) is 11.4. The minimum absolute atomic E-state index is 0.164. The van der Waals surface area contributed by atoms with Crippen LogP contribution in [0.4, 0.5) is 5.82 Å². The summed E-state index contributed by atoms with van der Waals surface area (Å²) in [4.78, 5) is 9.29. The van der Waals surface area contributed by atoms with Gasteiger partial charge in [-0.3, -0.25) is 0 Å². The molecule has 0 bridgehead atoms. The molecular weight excluding hydrogens is 294 g/mol. The van der Waals surface area contributed by atoms with Crippen molar-refractivity contribution in [1.82, 2.24) is 9.97 Å². The fourth-order valence-electron chi connectivity index (χ4n) is 2.68. The molecule has 0 aliphatic rings. The van der Waals surface area contributed by atoms with Gasteiger partial charge in [-0.15, -0.1) is 0 Å². The highest BCUT2D eigenvalue weighted by molar-refractivity contribution is 5.58. The Morgan fingerprint density at radius 1 is 0.958 bits per heavy atom. The number of nitrogens with one attached hydrogen (secondary N) is 1. The summed E-state index contributed by atoms with van der Waals surface area (Å²) in [6, 6.07) is 10.6. The number of benzene rings is 1. The van der Waals surface area contributed by atoms with Crippen molar-refractivity contribution >= 4 is 5.82 Å². The van der Waals surface area contributed by atoms with Crippen LogP contribution in [0, 0.1) is 6.92 Å². The van der Waals surface area contributed by atoms with E-state index >= 15 is 0 Å². The van der Waals surface area contributed by atoms with Crippen molar-refractivity contribution in [2.45, 2.75) is 65.7 Å². The number of nitrogens with zero attached hydrogens (tertiary/aromatic N) is 2. The molecule has 24 heavy (non-hydrogen) atoms. The second-order valence-electron chi connectivity index (χ2n) is 7.53. The minimum Gasteiger partial charge on any atom is -0.370 e. The Bertz CT molecular complexity index is 639. The van der Waals surface area contributed by atoms with Gasteiger partial charge in [0.25, 0.3) is 0 Å². The SMILES string of the molecule is CCCCCCNc1cc(C)nc(-c2ccc(C(C)(C)C)cc2)n1. The molecule has 0 unspecified atom stereocenters. The van der Waals surface area contributed by atoms with Crippen LogP contribution >= 0.6 is 0 Å². The van der Waals surface area contributed by atoms with Gasteiger partial charge in [-0.05, 0) is 24.3 Å². The van der Waals surface area contributed by atoms with Gasteiger partial charge in [-0.2, -0.15) is 0 Å². The summed E-state index contributed by atoms with van der Waals surface area (Å²) in [5.41, 5.74) is 3.56. The molecular formula is C21H31N3. The lowest BCUT2D eigenvalue weighted by Gasteiger charge is -2.19. The lowest BCUT2D eigenvalue weighted by molar-refractivity contribution is 0.590. The van der Waals surface area contributed by atoms with E-state index in [1.807, 2.05) is 13.0 Å². The molecule has 130 valence electrons. The zero-order valence-electron chi connectivity index (χ0n) is 15.8. The summed E-state index contributed by atoms with van der Waals surface area (Å²) in [5.74, 6) is 1.72. The van der Waals surface area contributed by atoms with E-state index in [9.17, 15) is 0 Å². The van der Waals surface area contributed by atoms with Crippen molar-refractivity contribution in [2.75, 3.05) is 11.9 Å². The summed E-state index contributed by atoms with van der Waals surface area (Å²) in [5, 5.41) is 3.44. The van der Waals surface area contributed by atoms with E-state index in [0.29, 0.717) is 0 Å². The van der Waals surface area contributed by atoms with Crippen molar-refractivity contribution in [1.29, 1.82) is 0 Å². The average molecular weight is 326 g/mol. The molecule has 0 saturated carbocycles. The molecule has 1 aromatic carbocycles. The third-order valence-electron chi connectivity index (χ3n) is 4.20. The van der Waals surface area contributed by atoms with E-state index in [4.69, 9.17) is 4.98 Å². The van der Waals surface area contributed by atoms with Gasteiger partial charge in [0, 0.05) is 23.9 Å². The Balaban J connectivity index is 2.10. The molecule has 0 fully saturated rings. The van der Waals surface area contributed by atoms with Gasteiger partial charge < -0.3 is 5.32 Å². The van der Waals surface area contributed by atoms with E-state index in [2.05, 4.69) is 62.3 Å². The Morgan fingerprint density at radius 3 is 2.29 bits per heavy atom. The van der Waals surface area contributed by atoms with Crippen LogP contribution in [0.5, 0.6) is 0 Å². The minimum atomic E-state index is 0.164. The number of rotatable bonds is 7. The van der Waals surface area contributed by atoms with Crippen LogP contribution in [0.1, 0.15) is 64.6 Å². The Kier molecular flexibility index (Phi) is 6.36. The van der Waals surface area contributed by atoms with E-state index < -0.39 is 0 Å². The molecule has 2 rings (SSSR count). The molecule has 3 heteroatoms. The monoisotopic (exact) mass is 325 g/mol. The fraction of sp³-hybridized carbons (Fsp3) is 0.524. The van der Waals surface area contributed by atoms with Crippen molar-refractivity contribution in [2.24, 2.45) is 0 Å². The predicted molar refractivity (Wildman–Crippen MR) is 104 cm³/mol. The zero-order valence-corrected chi connectivity index (χ0v) is 15.8. The summed E-state index contributed by atoms with van der Waals surface area (Å²) < 4.78 is 0. The molecule has 3 nitrogen and oxygen atoms in total. The molecule has 1 heterocycles. The van der Waals surface area contributed by atoms with Gasteiger partial charge in [-0.25, -0.2) is 9.97 Å². The largest absolute Gasteiger partial charge is 0.370 e. The molecule has 0 spiro atoms. The van der Waals surface area contributed by atoms with Gasteiger partial charge in [0.2, 0.25) is 0 Å². The zero-order chi connectivity index (χ0) is 17.6. The molecule has 0 aliphatic heterocycles. The van der Waals surface area contributed by atoms with Gasteiger partial charge in [0.15, 0.2) is 5.82 Å². The Labute approximate surface area is 146 Å². The number of anilines is 1. The highest BCUT2D eigenvalue weighted by Gasteiger charge is 2.13. The van der Waals surface area contributed by atoms with Gasteiger partial charge in [0.1, 0.15) is 5.82 Å². The first-order valence-corrected chi connectivity index (χ1v) is 9.10. The quantitative estimate of drug-likeness (QED) is 0.659. The number of hydrogen-bond donors (Lipinski definition) is 1. The van der Waals surface area contributed by atoms with E-state index in [1.54, 1.807) is 0 Å². The highest BCUT2D eigenvalue weighted by Crippen LogP contribution is 2.25. The number of aromatic nitrogens is 2. The lowest BCUT2D eigenvalue weighted by Crippen LogP contribution is -2.10. The first-order valence-electron chi connectivity index (χ1n) is 9.10. The second-order valence-corrected chi connectivity index (χ2v) is 7.53. The maximum Gasteiger partial charge on any atom is 0.161 e. The molecule has 0 saturated heterocycles. The molecule has 1 aromatic heterocycles. The maximum atomic E-state index is 4.69. The number of hydrogen-bond acceptors (Lipinski definition) is 3. The van der Waals surface area contributed by atoms with Crippen LogP contribution in [0.3, 0.4) is 0 Å². The van der Waals surface area contributed by atoms with Crippen LogP contribution in [-0.4, -0.2) is 16.5 Å². The summed E-state index contributed by atoms with van der Waals surface area (Å²) in [7, 11) is 0. The standard InChI is InChI=1S/C21H31N3/c1-6-7-8-9-14-22-19-15-16(2)23-20(24-19)17-10-12-18(13-11-17)21(3,4)5/h10-13,15H,6-9,14H2,1-5H3,(H,22,23,24). The molecule has 0 amide bonds. The number of aryl methyl sites for hydroxylation is 1. The molecule has 2 aromatic rings. The normalized spacial score (nSPS) is 11.5. The summed E-state index contributed by atoms with van der Waals surface area (Å²) in [6.07, 6.45) is 5.03. The Hall–Kier alpha value is -1.90. The van der Waals surface area contributed by atoms with Crippen molar-refractivity contribution in [3.63, 3.8) is 0 Å². The lowest BCUT2D eigenvalue weighted by atomic mass is 9.87. The highest BCUT2D eigenvalue weighted by atomic mass is 15.0. The van der Waals surface area contributed by atoms with E-state index in [0.717, 1.165) is 29.4 Å². The van der Waals surface area contributed by atoms with E-state index in [1.165, 1.54) is 31.2 Å². The van der Waals surface area contributed by atoms with Gasteiger partial charge in [-0.1, -0.05) is 71.2 Å². The smallest absolute Gasteiger partial charge is 0.161 e. The topological polar surface area (TPSA) is 37.8 Å². The average Bonchev–Trinajstić information content (AvgIpc) is 2.53. The van der Waals surface area contributed by atoms with Crippen LogP contribution in [0.25, 0.3) is 11.4 Å². The van der Waals surface area contributed by atoms with Gasteiger partial charge in [0.05, 0.1) is 0 Å². The van der Waals surface area contributed by atoms with Crippen molar-refractivity contribution in [3.05, 3.63) is 41.6 Å². The molecule has 0 atom stereocenters.